The first-order valence-corrected chi connectivity index (χ1v) is 4.41. The van der Waals surface area contributed by atoms with Crippen LogP contribution in [0.15, 0.2) is 0 Å². The first-order chi connectivity index (χ1) is 5.91. The SMILES string of the molecule is NC(C1CCC(O)CC1)C(F)(F)F. The summed E-state index contributed by atoms with van der Waals surface area (Å²) < 4.78 is 36.4. The number of nitrogens with two attached hydrogens (primary N) is 1. The fourth-order valence-electron chi connectivity index (χ4n) is 1.73. The molecule has 78 valence electrons. The molecule has 1 atom stereocenters. The van der Waals surface area contributed by atoms with Gasteiger partial charge in [-0.15, -0.1) is 0 Å². The van der Waals surface area contributed by atoms with Crippen LogP contribution in [0.2, 0.25) is 0 Å². The summed E-state index contributed by atoms with van der Waals surface area (Å²) >= 11 is 0. The van der Waals surface area contributed by atoms with Gasteiger partial charge in [0.15, 0.2) is 0 Å². The minimum Gasteiger partial charge on any atom is -0.393 e. The standard InChI is InChI=1S/C8H14F3NO/c9-8(10,11)7(12)5-1-3-6(13)4-2-5/h5-7,13H,1-4,12H2. The number of aliphatic hydroxyl groups is 1. The summed E-state index contributed by atoms with van der Waals surface area (Å²) in [6.45, 7) is 0. The van der Waals surface area contributed by atoms with Crippen LogP contribution in [0.1, 0.15) is 25.7 Å². The fourth-order valence-corrected chi connectivity index (χ4v) is 1.73. The van der Waals surface area contributed by atoms with Crippen molar-refractivity contribution in [3.63, 3.8) is 0 Å². The van der Waals surface area contributed by atoms with E-state index in [1.807, 2.05) is 0 Å². The van der Waals surface area contributed by atoms with Crippen LogP contribution < -0.4 is 5.73 Å². The average Bonchev–Trinajstić information content (AvgIpc) is 2.03. The van der Waals surface area contributed by atoms with E-state index < -0.39 is 24.2 Å². The number of aliphatic hydroxyl groups excluding tert-OH is 1. The molecule has 2 nitrogen and oxygen atoms in total. The molecule has 0 aliphatic heterocycles. The van der Waals surface area contributed by atoms with E-state index >= 15 is 0 Å². The van der Waals surface area contributed by atoms with Crippen LogP contribution in [0.5, 0.6) is 0 Å². The van der Waals surface area contributed by atoms with Gasteiger partial charge in [0.05, 0.1) is 6.10 Å². The smallest absolute Gasteiger partial charge is 0.393 e. The van der Waals surface area contributed by atoms with Gasteiger partial charge in [0.25, 0.3) is 0 Å². The van der Waals surface area contributed by atoms with Gasteiger partial charge in [-0.2, -0.15) is 13.2 Å². The van der Waals surface area contributed by atoms with E-state index in [0.717, 1.165) is 0 Å². The molecule has 0 aromatic carbocycles. The van der Waals surface area contributed by atoms with Crippen LogP contribution in [-0.4, -0.2) is 23.4 Å². The minimum absolute atomic E-state index is 0.377. The van der Waals surface area contributed by atoms with Crippen LogP contribution in [-0.2, 0) is 0 Å². The van der Waals surface area contributed by atoms with Gasteiger partial charge in [-0.25, -0.2) is 0 Å². The van der Waals surface area contributed by atoms with Gasteiger partial charge in [-0.3, -0.25) is 0 Å². The highest BCUT2D eigenvalue weighted by atomic mass is 19.4. The quantitative estimate of drug-likeness (QED) is 0.668. The van der Waals surface area contributed by atoms with Crippen LogP contribution in [0.3, 0.4) is 0 Å². The van der Waals surface area contributed by atoms with Gasteiger partial charge in [0, 0.05) is 0 Å². The summed E-state index contributed by atoms with van der Waals surface area (Å²) in [4.78, 5) is 0. The average molecular weight is 197 g/mol. The second-order valence-corrected chi connectivity index (χ2v) is 3.64. The van der Waals surface area contributed by atoms with Crippen molar-refractivity contribution in [3.05, 3.63) is 0 Å². The van der Waals surface area contributed by atoms with Crippen molar-refractivity contribution in [2.45, 2.75) is 44.0 Å². The Hall–Kier alpha value is -0.290. The Kier molecular flexibility index (Phi) is 3.18. The Labute approximate surface area is 74.9 Å². The molecule has 0 aromatic rings. The van der Waals surface area contributed by atoms with Gasteiger partial charge in [0.1, 0.15) is 6.04 Å². The van der Waals surface area contributed by atoms with Crippen LogP contribution in [0, 0.1) is 5.92 Å². The molecule has 1 aliphatic carbocycles. The van der Waals surface area contributed by atoms with E-state index in [2.05, 4.69) is 0 Å². The van der Waals surface area contributed by atoms with E-state index in [-0.39, 0.29) is 0 Å². The normalized spacial score (nSPS) is 33.0. The molecule has 0 spiro atoms. The van der Waals surface area contributed by atoms with Gasteiger partial charge in [0.2, 0.25) is 0 Å². The first kappa shape index (κ1) is 10.8. The predicted molar refractivity (Wildman–Crippen MR) is 42.0 cm³/mol. The Morgan fingerprint density at radius 3 is 2.00 bits per heavy atom. The Morgan fingerprint density at radius 1 is 1.15 bits per heavy atom. The molecule has 0 heterocycles. The summed E-state index contributed by atoms with van der Waals surface area (Å²) in [5.74, 6) is -0.511. The number of halogens is 3. The predicted octanol–water partition coefficient (Wildman–Crippen LogP) is 1.43. The van der Waals surface area contributed by atoms with Crippen LogP contribution in [0.4, 0.5) is 13.2 Å². The third kappa shape index (κ3) is 2.84. The van der Waals surface area contributed by atoms with Crippen molar-refractivity contribution in [1.29, 1.82) is 0 Å². The molecule has 13 heavy (non-hydrogen) atoms. The van der Waals surface area contributed by atoms with E-state index in [1.165, 1.54) is 0 Å². The molecule has 0 radical (unpaired) electrons. The topological polar surface area (TPSA) is 46.2 Å². The molecule has 1 rings (SSSR count). The lowest BCUT2D eigenvalue weighted by atomic mass is 9.83. The van der Waals surface area contributed by atoms with E-state index in [1.54, 1.807) is 0 Å². The first-order valence-electron chi connectivity index (χ1n) is 4.41. The molecule has 0 saturated heterocycles. The highest BCUT2D eigenvalue weighted by molar-refractivity contribution is 4.83. The number of alkyl halides is 3. The molecule has 0 bridgehead atoms. The van der Waals surface area contributed by atoms with E-state index in [9.17, 15) is 13.2 Å². The number of hydrogen-bond donors (Lipinski definition) is 2. The van der Waals surface area contributed by atoms with E-state index in [0.29, 0.717) is 25.7 Å². The third-order valence-corrected chi connectivity index (χ3v) is 2.63. The van der Waals surface area contributed by atoms with Crippen molar-refractivity contribution in [1.82, 2.24) is 0 Å². The highest BCUT2D eigenvalue weighted by Crippen LogP contribution is 2.33. The molecule has 0 aromatic heterocycles. The second-order valence-electron chi connectivity index (χ2n) is 3.64. The lowest BCUT2D eigenvalue weighted by molar-refractivity contribution is -0.162. The Balaban J connectivity index is 2.45. The van der Waals surface area contributed by atoms with Crippen molar-refractivity contribution >= 4 is 0 Å². The lowest BCUT2D eigenvalue weighted by Crippen LogP contribution is -2.45. The van der Waals surface area contributed by atoms with Crippen molar-refractivity contribution in [3.8, 4) is 0 Å². The summed E-state index contributed by atoms with van der Waals surface area (Å²) in [6, 6.07) is -1.72. The summed E-state index contributed by atoms with van der Waals surface area (Å²) in [5.41, 5.74) is 5.06. The monoisotopic (exact) mass is 197 g/mol. The molecule has 1 unspecified atom stereocenters. The Morgan fingerprint density at radius 2 is 1.62 bits per heavy atom. The molecule has 1 aliphatic rings. The highest BCUT2D eigenvalue weighted by Gasteiger charge is 2.42. The molecule has 3 N–H and O–H groups in total. The fraction of sp³-hybridized carbons (Fsp3) is 1.00. The lowest BCUT2D eigenvalue weighted by Gasteiger charge is -2.30. The molecule has 1 saturated carbocycles. The van der Waals surface area contributed by atoms with Crippen LogP contribution in [0.25, 0.3) is 0 Å². The van der Waals surface area contributed by atoms with Gasteiger partial charge in [-0.05, 0) is 31.6 Å². The van der Waals surface area contributed by atoms with Gasteiger partial charge >= 0.3 is 6.18 Å². The maximum absolute atomic E-state index is 12.1. The summed E-state index contributed by atoms with van der Waals surface area (Å²) in [5, 5.41) is 9.09. The zero-order valence-electron chi connectivity index (χ0n) is 7.22. The van der Waals surface area contributed by atoms with Crippen molar-refractivity contribution in [2.24, 2.45) is 11.7 Å². The Bertz CT molecular complexity index is 163. The molecular weight excluding hydrogens is 183 g/mol. The molecule has 1 fully saturated rings. The molecule has 0 amide bonds. The number of rotatable bonds is 1. The van der Waals surface area contributed by atoms with Crippen molar-refractivity contribution < 1.29 is 18.3 Å². The summed E-state index contributed by atoms with van der Waals surface area (Å²) in [6.07, 6.45) is -3.10. The third-order valence-electron chi connectivity index (χ3n) is 2.63. The zero-order valence-corrected chi connectivity index (χ0v) is 7.22. The second kappa shape index (κ2) is 3.84. The minimum atomic E-state index is -4.30. The zero-order chi connectivity index (χ0) is 10.1. The molecule has 5 heteroatoms. The maximum atomic E-state index is 12.1. The number of hydrogen-bond acceptors (Lipinski definition) is 2. The largest absolute Gasteiger partial charge is 0.403 e. The van der Waals surface area contributed by atoms with Gasteiger partial charge in [-0.1, -0.05) is 0 Å². The van der Waals surface area contributed by atoms with Crippen LogP contribution >= 0.6 is 0 Å². The summed E-state index contributed by atoms with van der Waals surface area (Å²) in [7, 11) is 0. The van der Waals surface area contributed by atoms with E-state index in [4.69, 9.17) is 10.8 Å². The maximum Gasteiger partial charge on any atom is 0.403 e. The molecular formula is C8H14F3NO. The van der Waals surface area contributed by atoms with Gasteiger partial charge < -0.3 is 10.8 Å². The van der Waals surface area contributed by atoms with Crippen molar-refractivity contribution in [2.75, 3.05) is 0 Å².